The summed E-state index contributed by atoms with van der Waals surface area (Å²) in [6.07, 6.45) is -3.60. The average molecular weight is 395 g/mol. The third-order valence-electron chi connectivity index (χ3n) is 5.00. The summed E-state index contributed by atoms with van der Waals surface area (Å²) in [6, 6.07) is 0.984. The molecule has 5 nitrogen and oxygen atoms in total. The maximum atomic E-state index is 13.1. The van der Waals surface area contributed by atoms with Crippen molar-refractivity contribution in [3.05, 3.63) is 17.5 Å². The number of carbonyl (C=O) groups is 1. The normalized spacial score (nSPS) is 35.6. The van der Waals surface area contributed by atoms with E-state index in [1.165, 1.54) is 7.05 Å². The van der Waals surface area contributed by atoms with Crippen LogP contribution in [0.3, 0.4) is 0 Å². The predicted octanol–water partition coefficient (Wildman–Crippen LogP) is 2.91. The Hall–Kier alpha value is -0.870. The lowest BCUT2D eigenvalue weighted by molar-refractivity contribution is -0.144. The van der Waals surface area contributed by atoms with Gasteiger partial charge >= 0.3 is 12.1 Å². The second-order valence-electron chi connectivity index (χ2n) is 6.71. The van der Waals surface area contributed by atoms with E-state index >= 15 is 0 Å². The number of nitrogens with zero attached hydrogens (tertiary/aromatic N) is 2. The van der Waals surface area contributed by atoms with Crippen molar-refractivity contribution < 1.29 is 23.1 Å². The van der Waals surface area contributed by atoms with Crippen LogP contribution in [-0.2, 0) is 23.4 Å². The van der Waals surface area contributed by atoms with Crippen molar-refractivity contribution in [2.45, 2.75) is 41.3 Å². The lowest BCUT2D eigenvalue weighted by Crippen LogP contribution is -2.44. The lowest BCUT2D eigenvalue weighted by atomic mass is 9.76. The van der Waals surface area contributed by atoms with Gasteiger partial charge in [-0.25, -0.2) is 0 Å². The van der Waals surface area contributed by atoms with E-state index in [-0.39, 0.29) is 12.2 Å². The SMILES string of the molecule is CCC1CSC2(NCC(C)(c3cc(C(F)(F)F)n(C)n3)C2C(=O)O)S1. The molecule has 2 saturated heterocycles. The van der Waals surface area contributed by atoms with Crippen LogP contribution < -0.4 is 5.32 Å². The average Bonchev–Trinajstić information content (AvgIpc) is 3.16. The largest absolute Gasteiger partial charge is 0.481 e. The van der Waals surface area contributed by atoms with Gasteiger partial charge in [0.2, 0.25) is 0 Å². The number of aromatic nitrogens is 2. The van der Waals surface area contributed by atoms with Gasteiger partial charge in [0, 0.05) is 30.0 Å². The van der Waals surface area contributed by atoms with Crippen LogP contribution in [0.25, 0.3) is 0 Å². The highest BCUT2D eigenvalue weighted by atomic mass is 32.2. The van der Waals surface area contributed by atoms with Crippen LogP contribution in [0.15, 0.2) is 6.07 Å². The smallest absolute Gasteiger partial charge is 0.433 e. The van der Waals surface area contributed by atoms with Crippen molar-refractivity contribution in [2.75, 3.05) is 12.3 Å². The minimum atomic E-state index is -4.52. The van der Waals surface area contributed by atoms with E-state index in [9.17, 15) is 23.1 Å². The zero-order valence-electron chi connectivity index (χ0n) is 14.1. The summed E-state index contributed by atoms with van der Waals surface area (Å²) in [5, 5.41) is 17.6. The standard InChI is InChI=1S/C15H20F3N3O2S2/c1-4-8-6-24-15(25-8)11(12(22)23)13(2,7-19-15)9-5-10(14(16,17)18)21(3)20-9/h5,8,11,19H,4,6-7H2,1-3H3,(H,22,23). The minimum absolute atomic E-state index is 0.167. The molecule has 10 heteroatoms. The van der Waals surface area contributed by atoms with E-state index in [2.05, 4.69) is 17.3 Å². The second-order valence-corrected chi connectivity index (χ2v) is 9.78. The van der Waals surface area contributed by atoms with Crippen LogP contribution in [0.4, 0.5) is 13.2 Å². The third kappa shape index (κ3) is 2.95. The minimum Gasteiger partial charge on any atom is -0.481 e. The predicted molar refractivity (Wildman–Crippen MR) is 91.5 cm³/mol. The molecule has 2 N–H and O–H groups in total. The Balaban J connectivity index is 2.02. The van der Waals surface area contributed by atoms with Crippen LogP contribution in [0.2, 0.25) is 0 Å². The maximum Gasteiger partial charge on any atom is 0.433 e. The molecule has 4 atom stereocenters. The summed E-state index contributed by atoms with van der Waals surface area (Å²) in [4.78, 5) is 12.1. The first-order chi connectivity index (χ1) is 11.5. The molecule has 1 aromatic rings. The molecule has 0 aliphatic carbocycles. The molecular weight excluding hydrogens is 375 g/mol. The van der Waals surface area contributed by atoms with Gasteiger partial charge in [-0.1, -0.05) is 13.8 Å². The Labute approximate surface area is 152 Å². The van der Waals surface area contributed by atoms with Crippen molar-refractivity contribution in [1.29, 1.82) is 0 Å². The van der Waals surface area contributed by atoms with E-state index in [1.807, 2.05) is 0 Å². The third-order valence-corrected chi connectivity index (χ3v) is 8.80. The molecule has 1 spiro atoms. The van der Waals surface area contributed by atoms with E-state index in [1.54, 1.807) is 30.4 Å². The summed E-state index contributed by atoms with van der Waals surface area (Å²) >= 11 is 3.13. The second kappa shape index (κ2) is 6.09. The summed E-state index contributed by atoms with van der Waals surface area (Å²) in [5.41, 5.74) is -1.72. The molecular formula is C15H20F3N3O2S2. The van der Waals surface area contributed by atoms with Crippen molar-refractivity contribution >= 4 is 29.5 Å². The Morgan fingerprint density at radius 2 is 2.24 bits per heavy atom. The monoisotopic (exact) mass is 395 g/mol. The number of halogens is 3. The number of rotatable bonds is 3. The van der Waals surface area contributed by atoms with Gasteiger partial charge in [0.1, 0.15) is 15.8 Å². The number of hydrogen-bond donors (Lipinski definition) is 2. The Morgan fingerprint density at radius 3 is 2.72 bits per heavy atom. The van der Waals surface area contributed by atoms with Crippen molar-refractivity contribution in [3.8, 4) is 0 Å². The summed E-state index contributed by atoms with van der Waals surface area (Å²) < 4.78 is 39.4. The van der Waals surface area contributed by atoms with Gasteiger partial charge in [0.05, 0.1) is 5.69 Å². The lowest BCUT2D eigenvalue weighted by Gasteiger charge is -2.33. The molecule has 2 aliphatic heterocycles. The fourth-order valence-corrected chi connectivity index (χ4v) is 7.64. The maximum absolute atomic E-state index is 13.1. The Bertz CT molecular complexity index is 696. The molecule has 0 bridgehead atoms. The first-order valence-corrected chi connectivity index (χ1v) is 9.81. The zero-order valence-corrected chi connectivity index (χ0v) is 15.7. The molecule has 4 unspecified atom stereocenters. The van der Waals surface area contributed by atoms with E-state index in [0.29, 0.717) is 5.25 Å². The summed E-state index contributed by atoms with van der Waals surface area (Å²) in [5.74, 6) is -1.06. The van der Waals surface area contributed by atoms with Gasteiger partial charge in [-0.3, -0.25) is 14.8 Å². The molecule has 0 amide bonds. The number of carboxylic acid groups (broad SMARTS) is 1. The first kappa shape index (κ1) is 18.9. The first-order valence-electron chi connectivity index (χ1n) is 7.95. The van der Waals surface area contributed by atoms with Gasteiger partial charge in [0.15, 0.2) is 0 Å². The zero-order chi connectivity index (χ0) is 18.6. The van der Waals surface area contributed by atoms with Crippen LogP contribution in [-0.4, -0.2) is 42.6 Å². The quantitative estimate of drug-likeness (QED) is 0.820. The molecule has 2 fully saturated rings. The van der Waals surface area contributed by atoms with Crippen molar-refractivity contribution in [3.63, 3.8) is 0 Å². The molecule has 0 radical (unpaired) electrons. The molecule has 0 saturated carbocycles. The number of thioether (sulfide) groups is 2. The van der Waals surface area contributed by atoms with Gasteiger partial charge in [-0.05, 0) is 12.5 Å². The number of aryl methyl sites for hydroxylation is 1. The molecule has 140 valence electrons. The van der Waals surface area contributed by atoms with Crippen LogP contribution >= 0.6 is 23.5 Å². The Kier molecular flexibility index (Phi) is 4.61. The molecule has 2 aliphatic rings. The van der Waals surface area contributed by atoms with E-state index < -0.39 is 33.4 Å². The van der Waals surface area contributed by atoms with Crippen molar-refractivity contribution in [1.82, 2.24) is 15.1 Å². The molecule has 3 heterocycles. The van der Waals surface area contributed by atoms with E-state index in [4.69, 9.17) is 0 Å². The topological polar surface area (TPSA) is 67.2 Å². The fourth-order valence-electron chi connectivity index (χ4n) is 3.59. The van der Waals surface area contributed by atoms with Gasteiger partial charge < -0.3 is 5.11 Å². The molecule has 25 heavy (non-hydrogen) atoms. The Morgan fingerprint density at radius 1 is 1.56 bits per heavy atom. The molecule has 0 aromatic carbocycles. The number of carboxylic acids is 1. The van der Waals surface area contributed by atoms with Crippen LogP contribution in [0, 0.1) is 5.92 Å². The molecule has 3 rings (SSSR count). The van der Waals surface area contributed by atoms with Crippen LogP contribution in [0.1, 0.15) is 31.7 Å². The summed E-state index contributed by atoms with van der Waals surface area (Å²) in [6.45, 7) is 4.01. The van der Waals surface area contributed by atoms with Gasteiger partial charge in [0.25, 0.3) is 0 Å². The van der Waals surface area contributed by atoms with Crippen LogP contribution in [0.5, 0.6) is 0 Å². The van der Waals surface area contributed by atoms with Gasteiger partial charge in [-0.2, -0.15) is 18.3 Å². The summed E-state index contributed by atoms with van der Waals surface area (Å²) in [7, 11) is 1.23. The highest BCUT2D eigenvalue weighted by Gasteiger charge is 2.63. The van der Waals surface area contributed by atoms with Crippen molar-refractivity contribution in [2.24, 2.45) is 13.0 Å². The number of hydrogen-bond acceptors (Lipinski definition) is 5. The fraction of sp³-hybridized carbons (Fsp3) is 0.733. The highest BCUT2D eigenvalue weighted by molar-refractivity contribution is 8.21. The number of alkyl halides is 3. The van der Waals surface area contributed by atoms with E-state index in [0.717, 1.165) is 22.9 Å². The number of aliphatic carboxylic acids is 1. The molecule has 1 aromatic heterocycles. The highest BCUT2D eigenvalue weighted by Crippen LogP contribution is 2.59. The van der Waals surface area contributed by atoms with Gasteiger partial charge in [-0.15, -0.1) is 23.5 Å². The number of nitrogens with one attached hydrogen (secondary N) is 1.